The van der Waals surface area contributed by atoms with Crippen LogP contribution in [0.15, 0.2) is 53.6 Å². The number of nitrogens with one attached hydrogen (secondary N) is 1. The average molecular weight is 293 g/mol. The summed E-state index contributed by atoms with van der Waals surface area (Å²) in [4.78, 5) is 11.7. The maximum atomic E-state index is 11.7. The molecule has 0 radical (unpaired) electrons. The number of hydrogen-bond donors (Lipinski definition) is 2. The first-order chi connectivity index (χ1) is 9.16. The second-order valence-corrected chi connectivity index (χ2v) is 4.20. The smallest absolute Gasteiger partial charge is 0.271 e. The van der Waals surface area contributed by atoms with E-state index in [0.29, 0.717) is 16.1 Å². The lowest BCUT2D eigenvalue weighted by Crippen LogP contribution is -2.17. The minimum atomic E-state index is -0.344. The molecule has 2 aromatic rings. The topological polar surface area (TPSA) is 93.2 Å². The fraction of sp³-hybridized carbons (Fsp3) is 0. The van der Waals surface area contributed by atoms with Crippen LogP contribution in [0.1, 0.15) is 15.9 Å². The summed E-state index contributed by atoms with van der Waals surface area (Å²) in [7, 11) is 0. The Labute approximate surface area is 120 Å². The molecule has 2 rings (SSSR count). The maximum Gasteiger partial charge on any atom is 0.271 e. The van der Waals surface area contributed by atoms with E-state index >= 15 is 0 Å². The van der Waals surface area contributed by atoms with Crippen LogP contribution in [0.4, 0.5) is 0 Å². The van der Waals surface area contributed by atoms with Gasteiger partial charge in [0.05, 0.1) is 6.21 Å². The van der Waals surface area contributed by atoms with Crippen LogP contribution < -0.4 is 5.43 Å². The molecule has 6 heteroatoms. The van der Waals surface area contributed by atoms with Gasteiger partial charge in [0.2, 0.25) is 0 Å². The van der Waals surface area contributed by atoms with E-state index in [1.807, 2.05) is 0 Å². The normalized spacial score (nSPS) is 10.1. The third-order valence-electron chi connectivity index (χ3n) is 2.41. The molecule has 0 spiro atoms. The lowest BCUT2D eigenvalue weighted by atomic mass is 10.2. The van der Waals surface area contributed by atoms with Crippen molar-refractivity contribution in [3.05, 3.63) is 64.7 Å². The molecule has 0 saturated heterocycles. The van der Waals surface area contributed by atoms with Crippen LogP contribution in [-0.2, 0) is 0 Å². The number of phenolic OH excluding ortho intramolecular Hbond substituents is 1. The van der Waals surface area contributed by atoms with E-state index in [4.69, 9.17) is 11.6 Å². The number of carbonyl (C=O) groups is 1. The van der Waals surface area contributed by atoms with E-state index in [0.717, 1.165) is 0 Å². The van der Waals surface area contributed by atoms with Gasteiger partial charge >= 0.3 is 0 Å². The monoisotopic (exact) mass is 292 g/mol. The van der Waals surface area contributed by atoms with Crippen molar-refractivity contribution in [1.82, 2.24) is 5.43 Å². The number of rotatable bonds is 3. The van der Waals surface area contributed by atoms with Gasteiger partial charge in [0.1, 0.15) is 5.75 Å². The highest BCUT2D eigenvalue weighted by Gasteiger charge is 2.03. The van der Waals surface area contributed by atoms with Crippen LogP contribution >= 0.6 is 11.6 Å². The number of halogens is 1. The van der Waals surface area contributed by atoms with Crippen molar-refractivity contribution in [1.29, 1.82) is 0 Å². The fourth-order valence-corrected chi connectivity index (χ4v) is 1.55. The van der Waals surface area contributed by atoms with Crippen molar-refractivity contribution >= 4 is 23.7 Å². The van der Waals surface area contributed by atoms with E-state index in [2.05, 4.69) is 10.5 Å². The molecule has 0 aromatic heterocycles. The van der Waals surface area contributed by atoms with Gasteiger partial charge in [0, 0.05) is 16.1 Å². The summed E-state index contributed by atoms with van der Waals surface area (Å²) in [6.07, 6.45) is 1.38. The number of nitrogens with zero attached hydrogens (tertiary/aromatic N) is 1. The molecule has 20 heavy (non-hydrogen) atoms. The lowest BCUT2D eigenvalue weighted by molar-refractivity contribution is 0.0955. The van der Waals surface area contributed by atoms with Gasteiger partial charge in [-0.2, -0.15) is 5.10 Å². The minimum absolute atomic E-state index is 0. The number of carbonyl (C=O) groups excluding carboxylic acids is 1. The van der Waals surface area contributed by atoms with Crippen LogP contribution in [0.2, 0.25) is 5.02 Å². The molecule has 0 aliphatic heterocycles. The van der Waals surface area contributed by atoms with Gasteiger partial charge in [0.25, 0.3) is 5.91 Å². The van der Waals surface area contributed by atoms with Gasteiger partial charge < -0.3 is 10.6 Å². The first-order valence-corrected chi connectivity index (χ1v) is 5.91. The van der Waals surface area contributed by atoms with Crippen molar-refractivity contribution < 1.29 is 15.4 Å². The van der Waals surface area contributed by atoms with Crippen LogP contribution in [0, 0.1) is 0 Å². The molecule has 0 fully saturated rings. The molecule has 0 atom stereocenters. The number of aromatic hydroxyl groups is 1. The van der Waals surface area contributed by atoms with Crippen LogP contribution in [0.3, 0.4) is 0 Å². The number of amides is 1. The lowest BCUT2D eigenvalue weighted by Gasteiger charge is -2.00. The Morgan fingerprint density at radius 2 is 1.80 bits per heavy atom. The van der Waals surface area contributed by atoms with Gasteiger partial charge in [-0.3, -0.25) is 4.79 Å². The van der Waals surface area contributed by atoms with E-state index < -0.39 is 0 Å². The molecule has 0 aliphatic carbocycles. The molecule has 2 aromatic carbocycles. The Morgan fingerprint density at radius 1 is 1.15 bits per heavy atom. The molecule has 1 amide bonds. The van der Waals surface area contributed by atoms with E-state index in [1.54, 1.807) is 48.5 Å². The van der Waals surface area contributed by atoms with Gasteiger partial charge in [0.15, 0.2) is 0 Å². The number of benzene rings is 2. The second-order valence-electron chi connectivity index (χ2n) is 3.76. The van der Waals surface area contributed by atoms with Crippen molar-refractivity contribution in [3.8, 4) is 5.75 Å². The molecule has 0 saturated carbocycles. The predicted molar refractivity (Wildman–Crippen MR) is 78.2 cm³/mol. The fourth-order valence-electron chi connectivity index (χ4n) is 1.42. The van der Waals surface area contributed by atoms with E-state index in [-0.39, 0.29) is 17.1 Å². The number of hydrazone groups is 1. The summed E-state index contributed by atoms with van der Waals surface area (Å²) in [6, 6.07) is 13.2. The first-order valence-electron chi connectivity index (χ1n) is 5.54. The van der Waals surface area contributed by atoms with Crippen molar-refractivity contribution in [3.63, 3.8) is 0 Å². The third kappa shape index (κ3) is 4.08. The SMILES string of the molecule is O.O=C(N/N=C/c1ccccc1O)c1ccc(Cl)cc1. The summed E-state index contributed by atoms with van der Waals surface area (Å²) in [5.74, 6) is -0.240. The number of para-hydroxylation sites is 1. The third-order valence-corrected chi connectivity index (χ3v) is 2.66. The maximum absolute atomic E-state index is 11.7. The molecule has 0 bridgehead atoms. The zero-order valence-corrected chi connectivity index (χ0v) is 11.1. The van der Waals surface area contributed by atoms with Gasteiger partial charge in [-0.1, -0.05) is 23.7 Å². The number of phenols is 1. The highest BCUT2D eigenvalue weighted by molar-refractivity contribution is 6.30. The quantitative estimate of drug-likeness (QED) is 0.668. The average Bonchev–Trinajstić information content (AvgIpc) is 2.41. The summed E-state index contributed by atoms with van der Waals surface area (Å²) < 4.78 is 0. The van der Waals surface area contributed by atoms with E-state index in [9.17, 15) is 9.90 Å². The highest BCUT2D eigenvalue weighted by Crippen LogP contribution is 2.12. The zero-order valence-electron chi connectivity index (χ0n) is 10.4. The zero-order chi connectivity index (χ0) is 13.7. The van der Waals surface area contributed by atoms with Crippen LogP contribution in [0.25, 0.3) is 0 Å². The summed E-state index contributed by atoms with van der Waals surface area (Å²) in [6.45, 7) is 0. The minimum Gasteiger partial charge on any atom is -0.507 e. The summed E-state index contributed by atoms with van der Waals surface area (Å²) in [5.41, 5.74) is 3.35. The van der Waals surface area contributed by atoms with Gasteiger partial charge in [-0.15, -0.1) is 0 Å². The molecule has 5 nitrogen and oxygen atoms in total. The van der Waals surface area contributed by atoms with Gasteiger partial charge in [-0.25, -0.2) is 5.43 Å². The van der Waals surface area contributed by atoms with Crippen molar-refractivity contribution in [2.24, 2.45) is 5.10 Å². The Morgan fingerprint density at radius 3 is 2.45 bits per heavy atom. The second kappa shape index (κ2) is 7.28. The Balaban J connectivity index is 0.00000200. The molecular formula is C14H13ClN2O3. The number of hydrogen-bond acceptors (Lipinski definition) is 3. The van der Waals surface area contributed by atoms with Crippen LogP contribution in [0.5, 0.6) is 5.75 Å². The predicted octanol–water partition coefficient (Wildman–Crippen LogP) is 1.98. The molecule has 0 aliphatic rings. The van der Waals surface area contributed by atoms with Crippen molar-refractivity contribution in [2.45, 2.75) is 0 Å². The molecule has 4 N–H and O–H groups in total. The first kappa shape index (κ1) is 15.7. The van der Waals surface area contributed by atoms with E-state index in [1.165, 1.54) is 6.21 Å². The summed E-state index contributed by atoms with van der Waals surface area (Å²) >= 11 is 5.73. The Bertz CT molecular complexity index is 612. The van der Waals surface area contributed by atoms with Gasteiger partial charge in [-0.05, 0) is 36.4 Å². The van der Waals surface area contributed by atoms with Crippen LogP contribution in [-0.4, -0.2) is 22.7 Å². The van der Waals surface area contributed by atoms with Crippen molar-refractivity contribution in [2.75, 3.05) is 0 Å². The molecular weight excluding hydrogens is 280 g/mol. The highest BCUT2D eigenvalue weighted by atomic mass is 35.5. The molecule has 104 valence electrons. The molecule has 0 unspecified atom stereocenters. The standard InChI is InChI=1S/C14H11ClN2O2.H2O/c15-12-7-5-10(6-8-12)14(19)17-16-9-11-3-1-2-4-13(11)18;/h1-9,18H,(H,17,19);1H2/b16-9+;. The molecule has 0 heterocycles. The summed E-state index contributed by atoms with van der Waals surface area (Å²) in [5, 5.41) is 13.9. The Kier molecular flexibility index (Phi) is 5.71. The largest absolute Gasteiger partial charge is 0.507 e. The Hall–Kier alpha value is -2.37.